The van der Waals surface area contributed by atoms with Crippen LogP contribution in [0.1, 0.15) is 46.9 Å². The maximum atomic E-state index is 12.0. The molecule has 2 aromatic carbocycles. The standard InChI is InChI=1S/C25H37N5O.HI/c1-7-19-9-13-21(14-10-19)23(29(3)4)18-28-25(26-8-2)27-17-20-11-15-22(16-12-20)24(31)30(5)6;/h9-16,23H,7-8,17-18H2,1-6H3,(H2,26,27,28);1H. The predicted molar refractivity (Wildman–Crippen MR) is 145 cm³/mol. The molecule has 32 heavy (non-hydrogen) atoms. The van der Waals surface area contributed by atoms with Gasteiger partial charge in [0.15, 0.2) is 5.96 Å². The number of carbonyl (C=O) groups excluding carboxylic acids is 1. The van der Waals surface area contributed by atoms with Gasteiger partial charge in [-0.05, 0) is 56.3 Å². The molecule has 0 aliphatic rings. The van der Waals surface area contributed by atoms with Crippen molar-refractivity contribution in [1.82, 2.24) is 20.4 Å². The minimum Gasteiger partial charge on any atom is -0.357 e. The topological polar surface area (TPSA) is 60.0 Å². The number of nitrogens with zero attached hydrogens (tertiary/aromatic N) is 3. The Morgan fingerprint density at radius 3 is 2.00 bits per heavy atom. The third-order valence-electron chi connectivity index (χ3n) is 5.23. The summed E-state index contributed by atoms with van der Waals surface area (Å²) in [6, 6.07) is 16.7. The van der Waals surface area contributed by atoms with Gasteiger partial charge in [-0.1, -0.05) is 43.3 Å². The van der Waals surface area contributed by atoms with E-state index in [0.29, 0.717) is 12.1 Å². The molecule has 0 heterocycles. The number of amides is 1. The summed E-state index contributed by atoms with van der Waals surface area (Å²) < 4.78 is 0. The lowest BCUT2D eigenvalue weighted by atomic mass is 10.0. The lowest BCUT2D eigenvalue weighted by Gasteiger charge is -2.26. The number of guanidine groups is 1. The van der Waals surface area contributed by atoms with Crippen LogP contribution in [0.3, 0.4) is 0 Å². The first-order valence-electron chi connectivity index (χ1n) is 10.9. The highest BCUT2D eigenvalue weighted by Crippen LogP contribution is 2.18. The van der Waals surface area contributed by atoms with Gasteiger partial charge in [-0.2, -0.15) is 0 Å². The highest BCUT2D eigenvalue weighted by Gasteiger charge is 2.15. The number of aryl methyl sites for hydroxylation is 1. The Kier molecular flexibility index (Phi) is 12.3. The summed E-state index contributed by atoms with van der Waals surface area (Å²) >= 11 is 0. The van der Waals surface area contributed by atoms with Gasteiger partial charge >= 0.3 is 0 Å². The molecule has 0 saturated heterocycles. The molecular weight excluding hydrogens is 513 g/mol. The van der Waals surface area contributed by atoms with Crippen molar-refractivity contribution in [2.75, 3.05) is 41.3 Å². The van der Waals surface area contributed by atoms with E-state index < -0.39 is 0 Å². The first-order valence-corrected chi connectivity index (χ1v) is 10.9. The van der Waals surface area contributed by atoms with Gasteiger partial charge < -0.3 is 20.4 Å². The van der Waals surface area contributed by atoms with Crippen LogP contribution in [0.2, 0.25) is 0 Å². The van der Waals surface area contributed by atoms with E-state index in [-0.39, 0.29) is 35.9 Å². The largest absolute Gasteiger partial charge is 0.357 e. The van der Waals surface area contributed by atoms with Gasteiger partial charge in [0.25, 0.3) is 5.91 Å². The zero-order valence-corrected chi connectivity index (χ0v) is 22.5. The fraction of sp³-hybridized carbons (Fsp3) is 0.440. The van der Waals surface area contributed by atoms with Crippen molar-refractivity contribution in [2.45, 2.75) is 32.9 Å². The average Bonchev–Trinajstić information content (AvgIpc) is 2.77. The van der Waals surface area contributed by atoms with E-state index >= 15 is 0 Å². The zero-order chi connectivity index (χ0) is 22.8. The Labute approximate surface area is 210 Å². The van der Waals surface area contributed by atoms with Crippen molar-refractivity contribution in [2.24, 2.45) is 4.99 Å². The van der Waals surface area contributed by atoms with E-state index in [4.69, 9.17) is 4.99 Å². The number of carbonyl (C=O) groups is 1. The minimum absolute atomic E-state index is 0. The molecule has 176 valence electrons. The van der Waals surface area contributed by atoms with Crippen LogP contribution in [0.25, 0.3) is 0 Å². The molecule has 0 aliphatic heterocycles. The molecule has 2 N–H and O–H groups in total. The second-order valence-corrected chi connectivity index (χ2v) is 8.05. The number of hydrogen-bond acceptors (Lipinski definition) is 3. The van der Waals surface area contributed by atoms with Crippen LogP contribution in [-0.4, -0.2) is 62.9 Å². The fourth-order valence-corrected chi connectivity index (χ4v) is 3.29. The molecule has 1 amide bonds. The Bertz CT molecular complexity index is 848. The van der Waals surface area contributed by atoms with Gasteiger partial charge in [-0.15, -0.1) is 24.0 Å². The molecule has 1 unspecified atom stereocenters. The maximum Gasteiger partial charge on any atom is 0.253 e. The molecule has 0 aliphatic carbocycles. The normalized spacial score (nSPS) is 12.2. The summed E-state index contributed by atoms with van der Waals surface area (Å²) in [5, 5.41) is 6.80. The monoisotopic (exact) mass is 551 g/mol. The Morgan fingerprint density at radius 2 is 1.50 bits per heavy atom. The first kappa shape index (κ1) is 27.9. The van der Waals surface area contributed by atoms with E-state index in [0.717, 1.165) is 31.0 Å². The summed E-state index contributed by atoms with van der Waals surface area (Å²) in [6.07, 6.45) is 1.05. The van der Waals surface area contributed by atoms with E-state index in [1.165, 1.54) is 11.1 Å². The SMILES string of the molecule is CCNC(=NCc1ccc(C(=O)N(C)C)cc1)NCC(c1ccc(CC)cc1)N(C)C.I. The van der Waals surface area contributed by atoms with E-state index in [1.54, 1.807) is 19.0 Å². The highest BCUT2D eigenvalue weighted by atomic mass is 127. The molecule has 0 radical (unpaired) electrons. The summed E-state index contributed by atoms with van der Waals surface area (Å²) in [7, 11) is 7.71. The van der Waals surface area contributed by atoms with E-state index in [2.05, 4.69) is 67.7 Å². The molecule has 0 spiro atoms. The molecule has 0 fully saturated rings. The van der Waals surface area contributed by atoms with Crippen LogP contribution in [0.15, 0.2) is 53.5 Å². The molecule has 0 bridgehead atoms. The van der Waals surface area contributed by atoms with Crippen LogP contribution < -0.4 is 10.6 Å². The molecule has 2 aromatic rings. The molecule has 2 rings (SSSR count). The number of aliphatic imine (C=N–C) groups is 1. The number of hydrogen-bond donors (Lipinski definition) is 2. The Balaban J connectivity index is 0.00000512. The van der Waals surface area contributed by atoms with Crippen LogP contribution in [-0.2, 0) is 13.0 Å². The highest BCUT2D eigenvalue weighted by molar-refractivity contribution is 14.0. The van der Waals surface area contributed by atoms with Crippen molar-refractivity contribution in [3.05, 3.63) is 70.8 Å². The predicted octanol–water partition coefficient (Wildman–Crippen LogP) is 3.93. The van der Waals surface area contributed by atoms with Gasteiger partial charge in [0.2, 0.25) is 0 Å². The number of likely N-dealkylation sites (N-methyl/N-ethyl adjacent to an activating group) is 1. The summed E-state index contributed by atoms with van der Waals surface area (Å²) in [4.78, 5) is 20.6. The summed E-state index contributed by atoms with van der Waals surface area (Å²) in [5.41, 5.74) is 4.38. The number of halogens is 1. The van der Waals surface area contributed by atoms with Gasteiger partial charge in [-0.25, -0.2) is 4.99 Å². The molecular formula is C25H38IN5O. The number of nitrogens with one attached hydrogen (secondary N) is 2. The second kappa shape index (κ2) is 14.1. The summed E-state index contributed by atoms with van der Waals surface area (Å²) in [5.74, 6) is 0.791. The first-order chi connectivity index (χ1) is 14.8. The van der Waals surface area contributed by atoms with Crippen molar-refractivity contribution >= 4 is 35.8 Å². The van der Waals surface area contributed by atoms with Crippen LogP contribution in [0, 0.1) is 0 Å². The molecule has 0 saturated carbocycles. The average molecular weight is 552 g/mol. The third kappa shape index (κ3) is 8.43. The second-order valence-electron chi connectivity index (χ2n) is 8.05. The molecule has 1 atom stereocenters. The molecule has 0 aromatic heterocycles. The van der Waals surface area contributed by atoms with E-state index in [9.17, 15) is 4.79 Å². The zero-order valence-electron chi connectivity index (χ0n) is 20.2. The third-order valence-corrected chi connectivity index (χ3v) is 5.23. The number of benzene rings is 2. The van der Waals surface area contributed by atoms with Crippen molar-refractivity contribution in [3.63, 3.8) is 0 Å². The number of rotatable bonds is 9. The van der Waals surface area contributed by atoms with Crippen molar-refractivity contribution < 1.29 is 4.79 Å². The van der Waals surface area contributed by atoms with Crippen LogP contribution in [0.5, 0.6) is 0 Å². The van der Waals surface area contributed by atoms with Crippen LogP contribution >= 0.6 is 24.0 Å². The van der Waals surface area contributed by atoms with Crippen molar-refractivity contribution in [1.29, 1.82) is 0 Å². The summed E-state index contributed by atoms with van der Waals surface area (Å²) in [6.45, 7) is 6.32. The molecule has 7 heteroatoms. The van der Waals surface area contributed by atoms with Gasteiger partial charge in [0.05, 0.1) is 12.6 Å². The van der Waals surface area contributed by atoms with Gasteiger partial charge in [-0.3, -0.25) is 4.79 Å². The quantitative estimate of drug-likeness (QED) is 0.282. The smallest absolute Gasteiger partial charge is 0.253 e. The molecule has 6 nitrogen and oxygen atoms in total. The van der Waals surface area contributed by atoms with E-state index in [1.807, 2.05) is 24.3 Å². The Morgan fingerprint density at radius 1 is 0.906 bits per heavy atom. The van der Waals surface area contributed by atoms with Gasteiger partial charge in [0.1, 0.15) is 0 Å². The lowest BCUT2D eigenvalue weighted by Crippen LogP contribution is -2.41. The Hall–Kier alpha value is -2.13. The van der Waals surface area contributed by atoms with Crippen molar-refractivity contribution in [3.8, 4) is 0 Å². The minimum atomic E-state index is 0. The van der Waals surface area contributed by atoms with Gasteiger partial charge in [0, 0.05) is 32.7 Å². The van der Waals surface area contributed by atoms with Crippen LogP contribution in [0.4, 0.5) is 0 Å². The maximum absolute atomic E-state index is 12.0. The lowest BCUT2D eigenvalue weighted by molar-refractivity contribution is 0.0827. The fourth-order valence-electron chi connectivity index (χ4n) is 3.29.